The summed E-state index contributed by atoms with van der Waals surface area (Å²) in [4.78, 5) is 18.2. The van der Waals surface area contributed by atoms with Gasteiger partial charge in [-0.05, 0) is 31.1 Å². The predicted octanol–water partition coefficient (Wildman–Crippen LogP) is 2.93. The molecular formula is C14H14N2OS. The normalized spacial score (nSPS) is 15.9. The van der Waals surface area contributed by atoms with Crippen molar-refractivity contribution in [3.8, 4) is 0 Å². The Kier molecular flexibility index (Phi) is 3.11. The van der Waals surface area contributed by atoms with E-state index in [9.17, 15) is 4.79 Å². The van der Waals surface area contributed by atoms with Gasteiger partial charge in [0.25, 0.3) is 0 Å². The summed E-state index contributed by atoms with van der Waals surface area (Å²) in [5, 5.41) is 0.892. The van der Waals surface area contributed by atoms with Gasteiger partial charge in [-0.15, -0.1) is 11.3 Å². The number of hydrogen-bond acceptors (Lipinski definition) is 3. The second-order valence-corrected chi connectivity index (χ2v) is 5.45. The quantitative estimate of drug-likeness (QED) is 0.776. The second-order valence-electron chi connectivity index (χ2n) is 4.39. The number of likely N-dealkylation sites (tertiary alicyclic amines) is 1. The number of amides is 1. The number of aromatic nitrogens is 1. The molecule has 0 bridgehead atoms. The van der Waals surface area contributed by atoms with Crippen LogP contribution in [0.25, 0.3) is 16.3 Å². The molecule has 92 valence electrons. The molecule has 1 fully saturated rings. The number of fused-ring (bicyclic) bond motifs is 1. The van der Waals surface area contributed by atoms with Crippen molar-refractivity contribution in [2.45, 2.75) is 12.8 Å². The lowest BCUT2D eigenvalue weighted by Crippen LogP contribution is -2.25. The van der Waals surface area contributed by atoms with Gasteiger partial charge in [0.05, 0.1) is 10.2 Å². The molecule has 2 heterocycles. The fourth-order valence-corrected chi connectivity index (χ4v) is 3.02. The van der Waals surface area contributed by atoms with E-state index < -0.39 is 0 Å². The molecule has 3 nitrogen and oxygen atoms in total. The lowest BCUT2D eigenvalue weighted by molar-refractivity contribution is -0.124. The zero-order valence-electron chi connectivity index (χ0n) is 10.0. The molecule has 4 heteroatoms. The standard InChI is InChI=1S/C14H14N2OS/c17-14(16-9-3-4-10-16)8-7-13-15-11-5-1-2-6-12(11)18-13/h1-2,5-8H,3-4,9-10H2. The van der Waals surface area contributed by atoms with Gasteiger partial charge in [0.1, 0.15) is 5.01 Å². The molecule has 1 aliphatic heterocycles. The van der Waals surface area contributed by atoms with Gasteiger partial charge < -0.3 is 4.90 Å². The molecule has 1 saturated heterocycles. The van der Waals surface area contributed by atoms with Gasteiger partial charge in [-0.1, -0.05) is 12.1 Å². The van der Waals surface area contributed by atoms with Gasteiger partial charge in [-0.2, -0.15) is 0 Å². The average molecular weight is 258 g/mol. The summed E-state index contributed by atoms with van der Waals surface area (Å²) in [6.45, 7) is 1.78. The number of nitrogens with zero attached hydrogens (tertiary/aromatic N) is 2. The Hall–Kier alpha value is -1.68. The minimum Gasteiger partial charge on any atom is -0.339 e. The number of hydrogen-bond donors (Lipinski definition) is 0. The fraction of sp³-hybridized carbons (Fsp3) is 0.286. The maximum Gasteiger partial charge on any atom is 0.246 e. The summed E-state index contributed by atoms with van der Waals surface area (Å²) < 4.78 is 1.16. The molecule has 1 aliphatic rings. The molecule has 0 N–H and O–H groups in total. The second kappa shape index (κ2) is 4.90. The largest absolute Gasteiger partial charge is 0.339 e. The summed E-state index contributed by atoms with van der Waals surface area (Å²) in [5.41, 5.74) is 0.996. The van der Waals surface area contributed by atoms with Gasteiger partial charge in [-0.3, -0.25) is 4.79 Å². The first-order valence-corrected chi connectivity index (χ1v) is 6.97. The molecule has 2 aromatic rings. The molecule has 0 saturated carbocycles. The molecule has 1 amide bonds. The van der Waals surface area contributed by atoms with E-state index in [0.717, 1.165) is 41.2 Å². The summed E-state index contributed by atoms with van der Waals surface area (Å²) in [6.07, 6.45) is 5.72. The SMILES string of the molecule is O=C(C=Cc1nc2ccccc2s1)N1CCCC1. The average Bonchev–Trinajstić information content (AvgIpc) is 3.04. The smallest absolute Gasteiger partial charge is 0.246 e. The van der Waals surface area contributed by atoms with E-state index in [1.54, 1.807) is 17.4 Å². The van der Waals surface area contributed by atoms with Crippen LogP contribution in [0.2, 0.25) is 0 Å². The highest BCUT2D eigenvalue weighted by Crippen LogP contribution is 2.22. The number of thiazole rings is 1. The van der Waals surface area contributed by atoms with Crippen molar-refractivity contribution in [3.63, 3.8) is 0 Å². The van der Waals surface area contributed by atoms with Crippen molar-refractivity contribution in [2.24, 2.45) is 0 Å². The van der Waals surface area contributed by atoms with Crippen LogP contribution in [0, 0.1) is 0 Å². The van der Waals surface area contributed by atoms with Crippen molar-refractivity contribution in [3.05, 3.63) is 35.3 Å². The van der Waals surface area contributed by atoms with Crippen LogP contribution in [0.1, 0.15) is 17.8 Å². The Morgan fingerprint density at radius 2 is 2.06 bits per heavy atom. The monoisotopic (exact) mass is 258 g/mol. The van der Waals surface area contributed by atoms with Crippen LogP contribution >= 0.6 is 11.3 Å². The zero-order chi connectivity index (χ0) is 12.4. The molecule has 0 atom stereocenters. The van der Waals surface area contributed by atoms with Crippen molar-refractivity contribution in [1.29, 1.82) is 0 Å². The molecule has 3 rings (SSSR count). The Morgan fingerprint density at radius 1 is 1.28 bits per heavy atom. The van der Waals surface area contributed by atoms with Crippen LogP contribution in [0.5, 0.6) is 0 Å². The first kappa shape index (κ1) is 11.4. The van der Waals surface area contributed by atoms with E-state index in [0.29, 0.717) is 0 Å². The van der Waals surface area contributed by atoms with Gasteiger partial charge in [0.2, 0.25) is 5.91 Å². The Bertz CT molecular complexity index is 564. The number of para-hydroxylation sites is 1. The number of rotatable bonds is 2. The lowest BCUT2D eigenvalue weighted by atomic mass is 10.3. The number of carbonyl (C=O) groups excluding carboxylic acids is 1. The zero-order valence-corrected chi connectivity index (χ0v) is 10.8. The molecule has 18 heavy (non-hydrogen) atoms. The van der Waals surface area contributed by atoms with Gasteiger partial charge >= 0.3 is 0 Å². The highest BCUT2D eigenvalue weighted by atomic mass is 32.1. The van der Waals surface area contributed by atoms with Gasteiger partial charge in [0, 0.05) is 19.2 Å². The first-order valence-electron chi connectivity index (χ1n) is 6.15. The van der Waals surface area contributed by atoms with E-state index in [1.165, 1.54) is 0 Å². The fourth-order valence-electron chi connectivity index (χ4n) is 2.15. The summed E-state index contributed by atoms with van der Waals surface area (Å²) in [7, 11) is 0. The van der Waals surface area contributed by atoms with Gasteiger partial charge in [-0.25, -0.2) is 4.98 Å². The Morgan fingerprint density at radius 3 is 2.83 bits per heavy atom. The third-order valence-electron chi connectivity index (χ3n) is 3.10. The molecule has 0 radical (unpaired) electrons. The van der Waals surface area contributed by atoms with Crippen LogP contribution in [0.15, 0.2) is 30.3 Å². The van der Waals surface area contributed by atoms with Crippen molar-refractivity contribution in [2.75, 3.05) is 13.1 Å². The third kappa shape index (κ3) is 2.29. The van der Waals surface area contributed by atoms with E-state index in [-0.39, 0.29) is 5.91 Å². The van der Waals surface area contributed by atoms with E-state index in [4.69, 9.17) is 0 Å². The van der Waals surface area contributed by atoms with E-state index in [2.05, 4.69) is 4.98 Å². The maximum atomic E-state index is 11.8. The van der Waals surface area contributed by atoms with Crippen molar-refractivity contribution >= 4 is 33.5 Å². The van der Waals surface area contributed by atoms with Crippen LogP contribution in [-0.4, -0.2) is 28.9 Å². The topological polar surface area (TPSA) is 33.2 Å². The minimum absolute atomic E-state index is 0.103. The maximum absolute atomic E-state index is 11.8. The van der Waals surface area contributed by atoms with Gasteiger partial charge in [0.15, 0.2) is 0 Å². The Labute approximate surface area is 110 Å². The highest BCUT2D eigenvalue weighted by molar-refractivity contribution is 7.19. The molecule has 0 unspecified atom stereocenters. The highest BCUT2D eigenvalue weighted by Gasteiger charge is 2.15. The third-order valence-corrected chi connectivity index (χ3v) is 4.10. The first-order chi connectivity index (χ1) is 8.83. The lowest BCUT2D eigenvalue weighted by Gasteiger charge is -2.11. The number of carbonyl (C=O) groups is 1. The number of benzene rings is 1. The molecule has 0 aliphatic carbocycles. The van der Waals surface area contributed by atoms with Crippen molar-refractivity contribution in [1.82, 2.24) is 9.88 Å². The molecule has 1 aromatic heterocycles. The van der Waals surface area contributed by atoms with Crippen LogP contribution in [0.3, 0.4) is 0 Å². The van der Waals surface area contributed by atoms with E-state index >= 15 is 0 Å². The summed E-state index contributed by atoms with van der Waals surface area (Å²) >= 11 is 1.61. The van der Waals surface area contributed by atoms with E-state index in [1.807, 2.05) is 35.2 Å². The minimum atomic E-state index is 0.103. The molecule has 0 spiro atoms. The Balaban J connectivity index is 1.76. The van der Waals surface area contributed by atoms with Crippen LogP contribution in [0.4, 0.5) is 0 Å². The molecular weight excluding hydrogens is 244 g/mol. The summed E-state index contributed by atoms with van der Waals surface area (Å²) in [5.74, 6) is 0.103. The predicted molar refractivity (Wildman–Crippen MR) is 74.5 cm³/mol. The van der Waals surface area contributed by atoms with Crippen LogP contribution in [-0.2, 0) is 4.79 Å². The van der Waals surface area contributed by atoms with Crippen molar-refractivity contribution < 1.29 is 4.79 Å². The molecule has 1 aromatic carbocycles. The summed E-state index contributed by atoms with van der Waals surface area (Å²) in [6, 6.07) is 8.02. The van der Waals surface area contributed by atoms with Crippen LogP contribution < -0.4 is 0 Å².